The molecule has 4 rings (SSSR count). The predicted molar refractivity (Wildman–Crippen MR) is 137 cm³/mol. The van der Waals surface area contributed by atoms with Crippen LogP contribution in [0, 0.1) is 13.8 Å². The predicted octanol–water partition coefficient (Wildman–Crippen LogP) is 3.37. The quantitative estimate of drug-likeness (QED) is 0.509. The lowest BCUT2D eigenvalue weighted by atomic mass is 9.93. The summed E-state index contributed by atoms with van der Waals surface area (Å²) in [5, 5.41) is 5.86. The van der Waals surface area contributed by atoms with Gasteiger partial charge in [0.2, 0.25) is 5.91 Å². The summed E-state index contributed by atoms with van der Waals surface area (Å²) in [6.07, 6.45) is 2.15. The largest absolute Gasteiger partial charge is 0.350 e. The number of amides is 3. The van der Waals surface area contributed by atoms with Gasteiger partial charge >= 0.3 is 0 Å². The molecule has 0 unspecified atom stereocenters. The summed E-state index contributed by atoms with van der Waals surface area (Å²) in [5.74, 6) is -1.02. The Morgan fingerprint density at radius 1 is 1.00 bits per heavy atom. The van der Waals surface area contributed by atoms with Crippen LogP contribution in [0.5, 0.6) is 0 Å². The van der Waals surface area contributed by atoms with Crippen LogP contribution >= 0.6 is 0 Å². The van der Waals surface area contributed by atoms with Crippen LogP contribution in [0.3, 0.4) is 0 Å². The van der Waals surface area contributed by atoms with Gasteiger partial charge < -0.3 is 20.1 Å². The van der Waals surface area contributed by atoms with Gasteiger partial charge in [0, 0.05) is 19.6 Å². The Morgan fingerprint density at radius 3 is 2.42 bits per heavy atom. The maximum absolute atomic E-state index is 13.6. The van der Waals surface area contributed by atoms with Crippen LogP contribution in [-0.4, -0.2) is 44.3 Å². The zero-order valence-electron chi connectivity index (χ0n) is 21.3. The second-order valence-corrected chi connectivity index (χ2v) is 9.64. The molecule has 0 radical (unpaired) electrons. The number of carbonyl (C=O) groups excluding carboxylic acids is 3. The lowest BCUT2D eigenvalue weighted by Crippen LogP contribution is -2.64. The first-order valence-corrected chi connectivity index (χ1v) is 12.3. The summed E-state index contributed by atoms with van der Waals surface area (Å²) in [4.78, 5) is 45.9. The molecule has 3 aromatic rings. The van der Waals surface area contributed by atoms with Gasteiger partial charge in [-0.05, 0) is 38.3 Å². The first-order valence-electron chi connectivity index (χ1n) is 12.3. The number of fused-ring (bicyclic) bond motifs is 1. The molecule has 1 aromatic heterocycles. The summed E-state index contributed by atoms with van der Waals surface area (Å²) in [7, 11) is 0. The highest BCUT2D eigenvalue weighted by atomic mass is 16.2. The van der Waals surface area contributed by atoms with Crippen molar-refractivity contribution >= 4 is 17.7 Å². The summed E-state index contributed by atoms with van der Waals surface area (Å²) >= 11 is 0. The molecule has 3 amide bonds. The minimum absolute atomic E-state index is 0.0795. The van der Waals surface area contributed by atoms with Crippen molar-refractivity contribution in [3.8, 4) is 0 Å². The average Bonchev–Trinajstić information content (AvgIpc) is 3.28. The van der Waals surface area contributed by atoms with Crippen molar-refractivity contribution in [2.45, 2.75) is 59.3 Å². The lowest BCUT2D eigenvalue weighted by molar-refractivity contribution is -0.133. The second-order valence-electron chi connectivity index (χ2n) is 9.64. The number of rotatable bonds is 8. The van der Waals surface area contributed by atoms with Crippen LogP contribution in [0.1, 0.15) is 63.5 Å². The fourth-order valence-corrected chi connectivity index (χ4v) is 4.59. The minimum atomic E-state index is -1.11. The Bertz CT molecular complexity index is 1280. The van der Waals surface area contributed by atoms with Crippen molar-refractivity contribution in [1.29, 1.82) is 0 Å². The van der Waals surface area contributed by atoms with E-state index in [1.54, 1.807) is 16.4 Å². The molecule has 0 fully saturated rings. The fraction of sp³-hybridized carbons (Fsp3) is 0.357. The van der Waals surface area contributed by atoms with E-state index in [4.69, 9.17) is 0 Å². The van der Waals surface area contributed by atoms with E-state index in [2.05, 4.69) is 15.6 Å². The van der Waals surface area contributed by atoms with Gasteiger partial charge in [0.15, 0.2) is 5.69 Å². The van der Waals surface area contributed by atoms with E-state index in [1.165, 1.54) is 6.33 Å². The van der Waals surface area contributed by atoms with Crippen LogP contribution in [0.25, 0.3) is 0 Å². The summed E-state index contributed by atoms with van der Waals surface area (Å²) < 4.78 is 1.63. The van der Waals surface area contributed by atoms with Crippen LogP contribution in [0.2, 0.25) is 0 Å². The van der Waals surface area contributed by atoms with Gasteiger partial charge in [0.05, 0.1) is 12.9 Å². The van der Waals surface area contributed by atoms with Crippen LogP contribution < -0.4 is 10.6 Å². The molecule has 2 heterocycles. The van der Waals surface area contributed by atoms with E-state index in [0.717, 1.165) is 22.3 Å². The van der Waals surface area contributed by atoms with E-state index in [1.807, 2.05) is 69.3 Å². The smallest absolute Gasteiger partial charge is 0.273 e. The summed E-state index contributed by atoms with van der Waals surface area (Å²) in [5.41, 5.74) is 3.39. The van der Waals surface area contributed by atoms with Crippen molar-refractivity contribution in [3.63, 3.8) is 0 Å². The molecule has 188 valence electrons. The number of imidazole rings is 1. The highest BCUT2D eigenvalue weighted by Crippen LogP contribution is 2.29. The molecule has 0 saturated carbocycles. The molecule has 2 N–H and O–H groups in total. The highest BCUT2D eigenvalue weighted by Gasteiger charge is 2.48. The minimum Gasteiger partial charge on any atom is -0.350 e. The molecule has 0 bridgehead atoms. The number of hydrogen-bond donors (Lipinski definition) is 2. The summed E-state index contributed by atoms with van der Waals surface area (Å²) in [6.45, 7) is 9.04. The highest BCUT2D eigenvalue weighted by molar-refractivity contribution is 6.07. The van der Waals surface area contributed by atoms with E-state index in [-0.39, 0.29) is 29.7 Å². The lowest BCUT2D eigenvalue weighted by Gasteiger charge is -2.43. The zero-order chi connectivity index (χ0) is 25.9. The Kier molecular flexibility index (Phi) is 7.24. The average molecular weight is 488 g/mol. The molecule has 1 aliphatic heterocycles. The van der Waals surface area contributed by atoms with Crippen molar-refractivity contribution in [1.82, 2.24) is 25.1 Å². The molecule has 1 aliphatic rings. The number of aromatic nitrogens is 2. The van der Waals surface area contributed by atoms with Gasteiger partial charge in [-0.25, -0.2) is 4.98 Å². The number of nitrogens with zero attached hydrogens (tertiary/aromatic N) is 3. The number of nitrogens with one attached hydrogen (secondary N) is 2. The Hall–Kier alpha value is -3.94. The first kappa shape index (κ1) is 25.2. The SMILES string of the molecule is CCCN1C(=O)c2c(C(=O)NCc3cccc(C)c3)ncn2C[C@@]1(C)C(=O)NCc1ccc(C)cc1. The molecule has 0 spiro atoms. The standard InChI is InChI=1S/C28H33N5O3/c1-5-13-33-26(35)24-23(25(34)29-16-22-8-6-7-20(3)14-22)31-18-32(24)17-28(33,4)27(36)30-15-21-11-9-19(2)10-12-21/h6-12,14,18H,5,13,15-17H2,1-4H3,(H,29,34)(H,30,36)/t28-/m0/s1. The van der Waals surface area contributed by atoms with E-state index < -0.39 is 11.4 Å². The number of carbonyl (C=O) groups is 3. The Morgan fingerprint density at radius 2 is 1.72 bits per heavy atom. The number of hydrogen-bond acceptors (Lipinski definition) is 4. The third-order valence-corrected chi connectivity index (χ3v) is 6.62. The molecule has 8 nitrogen and oxygen atoms in total. The van der Waals surface area contributed by atoms with E-state index >= 15 is 0 Å². The van der Waals surface area contributed by atoms with Crippen LogP contribution in [-0.2, 0) is 24.4 Å². The second kappa shape index (κ2) is 10.4. The van der Waals surface area contributed by atoms with Crippen molar-refractivity contribution in [2.24, 2.45) is 0 Å². The van der Waals surface area contributed by atoms with Gasteiger partial charge in [0.1, 0.15) is 11.2 Å². The maximum Gasteiger partial charge on any atom is 0.273 e. The molecular formula is C28H33N5O3. The van der Waals surface area contributed by atoms with Crippen molar-refractivity contribution in [2.75, 3.05) is 6.54 Å². The van der Waals surface area contributed by atoms with Crippen molar-refractivity contribution in [3.05, 3.63) is 88.5 Å². The molecule has 2 aromatic carbocycles. The fourth-order valence-electron chi connectivity index (χ4n) is 4.59. The normalized spacial score (nSPS) is 17.0. The van der Waals surface area contributed by atoms with Crippen LogP contribution in [0.15, 0.2) is 54.9 Å². The molecule has 0 aliphatic carbocycles. The first-order chi connectivity index (χ1) is 17.2. The molecular weight excluding hydrogens is 454 g/mol. The maximum atomic E-state index is 13.6. The zero-order valence-corrected chi connectivity index (χ0v) is 21.3. The molecule has 1 atom stereocenters. The monoisotopic (exact) mass is 487 g/mol. The van der Waals surface area contributed by atoms with Gasteiger partial charge in [-0.2, -0.15) is 0 Å². The third-order valence-electron chi connectivity index (χ3n) is 6.62. The van der Waals surface area contributed by atoms with Gasteiger partial charge in [0.25, 0.3) is 11.8 Å². The van der Waals surface area contributed by atoms with E-state index in [0.29, 0.717) is 26.1 Å². The third kappa shape index (κ3) is 5.03. The number of aryl methyl sites for hydroxylation is 2. The Labute approximate surface area is 211 Å². The summed E-state index contributed by atoms with van der Waals surface area (Å²) in [6, 6.07) is 15.8. The molecule has 0 saturated heterocycles. The van der Waals surface area contributed by atoms with Gasteiger partial charge in [-0.1, -0.05) is 66.6 Å². The molecule has 8 heteroatoms. The topological polar surface area (TPSA) is 96.3 Å². The van der Waals surface area contributed by atoms with Gasteiger partial charge in [-0.15, -0.1) is 0 Å². The van der Waals surface area contributed by atoms with Crippen molar-refractivity contribution < 1.29 is 14.4 Å². The van der Waals surface area contributed by atoms with Crippen LogP contribution in [0.4, 0.5) is 0 Å². The Balaban J connectivity index is 1.53. The van der Waals surface area contributed by atoms with E-state index in [9.17, 15) is 14.4 Å². The number of benzene rings is 2. The molecule has 36 heavy (non-hydrogen) atoms. The van der Waals surface area contributed by atoms with Gasteiger partial charge in [-0.3, -0.25) is 14.4 Å².